The second-order valence-corrected chi connectivity index (χ2v) is 8.24. The third-order valence-electron chi connectivity index (χ3n) is 5.06. The number of ether oxygens (including phenoxy) is 2. The largest absolute Gasteiger partial charge is 0.525 e. The maximum Gasteiger partial charge on any atom is 0.525 e. The smallest absolute Gasteiger partial charge is 0.490 e. The Labute approximate surface area is 156 Å². The summed E-state index contributed by atoms with van der Waals surface area (Å²) in [5, 5.41) is 0. The SMILES string of the molecule is CC(=C(F)B1OC(C)(C)C(C)(C)O1)c1cc2c(cc1Br)OCCCO2. The van der Waals surface area contributed by atoms with Gasteiger partial charge in [0.15, 0.2) is 11.5 Å². The van der Waals surface area contributed by atoms with Gasteiger partial charge in [0, 0.05) is 10.9 Å². The van der Waals surface area contributed by atoms with Gasteiger partial charge in [-0.2, -0.15) is 0 Å². The molecule has 25 heavy (non-hydrogen) atoms. The van der Waals surface area contributed by atoms with Gasteiger partial charge >= 0.3 is 7.12 Å². The zero-order valence-corrected chi connectivity index (χ0v) is 16.8. The molecule has 0 aromatic heterocycles. The summed E-state index contributed by atoms with van der Waals surface area (Å²) in [6.07, 6.45) is 0.818. The number of benzene rings is 1. The molecule has 1 saturated heterocycles. The Morgan fingerprint density at radius 1 is 1.04 bits per heavy atom. The van der Waals surface area contributed by atoms with Crippen molar-refractivity contribution < 1.29 is 23.2 Å². The van der Waals surface area contributed by atoms with Crippen molar-refractivity contribution in [2.24, 2.45) is 0 Å². The summed E-state index contributed by atoms with van der Waals surface area (Å²) in [7, 11) is -1.02. The molecule has 2 aliphatic rings. The Hall–Kier alpha value is -1.05. The highest BCUT2D eigenvalue weighted by Gasteiger charge is 2.53. The maximum absolute atomic E-state index is 15.1. The van der Waals surface area contributed by atoms with Crippen molar-refractivity contribution in [3.8, 4) is 11.5 Å². The van der Waals surface area contributed by atoms with E-state index in [1.54, 1.807) is 13.0 Å². The van der Waals surface area contributed by atoms with Gasteiger partial charge < -0.3 is 18.8 Å². The normalized spacial score (nSPS) is 22.4. The number of halogens is 2. The lowest BCUT2D eigenvalue weighted by Gasteiger charge is -2.32. The summed E-state index contributed by atoms with van der Waals surface area (Å²) >= 11 is 3.51. The van der Waals surface area contributed by atoms with Crippen LogP contribution in [0.2, 0.25) is 0 Å². The standard InChI is InChI=1S/C18H23BBrFO4/c1-11(16(21)19-24-17(2,3)18(4,5)25-19)12-9-14-15(10-13(12)20)23-8-6-7-22-14/h9-10H,6-8H2,1-5H3. The molecule has 2 heterocycles. The molecule has 2 aliphatic heterocycles. The van der Waals surface area contributed by atoms with Gasteiger partial charge in [0.05, 0.1) is 24.4 Å². The van der Waals surface area contributed by atoms with E-state index in [0.717, 1.165) is 10.9 Å². The molecule has 0 atom stereocenters. The van der Waals surface area contributed by atoms with Crippen molar-refractivity contribution in [1.82, 2.24) is 0 Å². The van der Waals surface area contributed by atoms with E-state index in [1.165, 1.54) is 0 Å². The Morgan fingerprint density at radius 3 is 2.12 bits per heavy atom. The summed E-state index contributed by atoms with van der Waals surface area (Å²) in [6, 6.07) is 3.61. The minimum absolute atomic E-state index is 0.436. The third-order valence-corrected chi connectivity index (χ3v) is 5.72. The number of hydrogen-bond acceptors (Lipinski definition) is 4. The predicted octanol–water partition coefficient (Wildman–Crippen LogP) is 4.94. The molecule has 0 unspecified atom stereocenters. The molecule has 0 radical (unpaired) electrons. The number of hydrogen-bond donors (Lipinski definition) is 0. The minimum Gasteiger partial charge on any atom is -0.490 e. The van der Waals surface area contributed by atoms with E-state index in [0.29, 0.717) is 35.8 Å². The molecule has 7 heteroatoms. The van der Waals surface area contributed by atoms with Crippen molar-refractivity contribution in [2.45, 2.75) is 52.2 Å². The number of fused-ring (bicyclic) bond motifs is 1. The number of allylic oxidation sites excluding steroid dienone is 1. The minimum atomic E-state index is -1.02. The molecule has 0 saturated carbocycles. The Bertz CT molecular complexity index is 701. The maximum atomic E-state index is 15.1. The molecule has 1 fully saturated rings. The van der Waals surface area contributed by atoms with Crippen LogP contribution in [0.25, 0.3) is 5.57 Å². The van der Waals surface area contributed by atoms with Crippen molar-refractivity contribution in [1.29, 1.82) is 0 Å². The van der Waals surface area contributed by atoms with Gasteiger partial charge in [-0.3, -0.25) is 0 Å². The van der Waals surface area contributed by atoms with E-state index >= 15 is 4.39 Å². The Balaban J connectivity index is 1.96. The molecular weight excluding hydrogens is 390 g/mol. The molecule has 0 bridgehead atoms. The van der Waals surface area contributed by atoms with E-state index in [4.69, 9.17) is 18.8 Å². The van der Waals surface area contributed by atoms with Crippen molar-refractivity contribution in [2.75, 3.05) is 13.2 Å². The highest BCUT2D eigenvalue weighted by Crippen LogP contribution is 2.42. The molecule has 0 N–H and O–H groups in total. The molecule has 136 valence electrons. The first kappa shape index (κ1) is 18.7. The van der Waals surface area contributed by atoms with Gasteiger partial charge in [0.1, 0.15) is 5.73 Å². The molecule has 1 aromatic carbocycles. The van der Waals surface area contributed by atoms with Crippen LogP contribution in [0.1, 0.15) is 46.6 Å². The average molecular weight is 413 g/mol. The van der Waals surface area contributed by atoms with Crippen LogP contribution in [0.5, 0.6) is 11.5 Å². The van der Waals surface area contributed by atoms with Crippen molar-refractivity contribution in [3.63, 3.8) is 0 Å². The fourth-order valence-electron chi connectivity index (χ4n) is 2.72. The first-order valence-electron chi connectivity index (χ1n) is 8.44. The molecular formula is C18H23BBrFO4. The van der Waals surface area contributed by atoms with Crippen LogP contribution < -0.4 is 9.47 Å². The van der Waals surface area contributed by atoms with E-state index in [2.05, 4.69) is 15.9 Å². The molecule has 4 nitrogen and oxygen atoms in total. The predicted molar refractivity (Wildman–Crippen MR) is 99.5 cm³/mol. The summed E-state index contributed by atoms with van der Waals surface area (Å²) in [5.74, 6) is 1.29. The second kappa shape index (κ2) is 6.60. The van der Waals surface area contributed by atoms with Crippen LogP contribution in [0.15, 0.2) is 22.3 Å². The summed E-state index contributed by atoms with van der Waals surface area (Å²) in [6.45, 7) is 10.5. The van der Waals surface area contributed by atoms with Gasteiger partial charge in [0.2, 0.25) is 0 Å². The van der Waals surface area contributed by atoms with Gasteiger partial charge in [-0.05, 0) is 57.9 Å². The molecule has 1 aromatic rings. The van der Waals surface area contributed by atoms with Crippen LogP contribution >= 0.6 is 15.9 Å². The molecule has 0 amide bonds. The monoisotopic (exact) mass is 412 g/mol. The first-order chi connectivity index (χ1) is 11.6. The lowest BCUT2D eigenvalue weighted by molar-refractivity contribution is 0.00578. The lowest BCUT2D eigenvalue weighted by atomic mass is 9.83. The summed E-state index contributed by atoms with van der Waals surface area (Å²) in [5.41, 5.74) is -0.472. The quantitative estimate of drug-likeness (QED) is 0.644. The Kier molecular flexibility index (Phi) is 4.94. The van der Waals surface area contributed by atoms with E-state index in [1.807, 2.05) is 33.8 Å². The van der Waals surface area contributed by atoms with Gasteiger partial charge in [-0.15, -0.1) is 0 Å². The number of rotatable bonds is 2. The second-order valence-electron chi connectivity index (χ2n) is 7.39. The highest BCUT2D eigenvalue weighted by atomic mass is 79.9. The van der Waals surface area contributed by atoms with E-state index < -0.39 is 24.0 Å². The molecule has 3 rings (SSSR count). The third kappa shape index (κ3) is 3.46. The van der Waals surface area contributed by atoms with Crippen LogP contribution in [0.3, 0.4) is 0 Å². The average Bonchev–Trinajstić information content (AvgIpc) is 2.69. The van der Waals surface area contributed by atoms with Crippen LogP contribution in [-0.2, 0) is 9.31 Å². The fourth-order valence-corrected chi connectivity index (χ4v) is 3.34. The summed E-state index contributed by atoms with van der Waals surface area (Å²) in [4.78, 5) is 0. The van der Waals surface area contributed by atoms with E-state index in [-0.39, 0.29) is 0 Å². The van der Waals surface area contributed by atoms with Crippen LogP contribution in [0.4, 0.5) is 4.39 Å². The fraction of sp³-hybridized carbons (Fsp3) is 0.556. The van der Waals surface area contributed by atoms with Crippen LogP contribution in [0, 0.1) is 0 Å². The lowest BCUT2D eigenvalue weighted by Crippen LogP contribution is -2.41. The summed E-state index contributed by atoms with van der Waals surface area (Å²) < 4.78 is 38.8. The van der Waals surface area contributed by atoms with Gasteiger partial charge in [-0.25, -0.2) is 4.39 Å². The van der Waals surface area contributed by atoms with Crippen molar-refractivity contribution >= 4 is 28.6 Å². The molecule has 0 aliphatic carbocycles. The topological polar surface area (TPSA) is 36.9 Å². The Morgan fingerprint density at radius 2 is 1.56 bits per heavy atom. The zero-order chi connectivity index (χ0) is 18.4. The van der Waals surface area contributed by atoms with Crippen molar-refractivity contribution in [3.05, 3.63) is 27.9 Å². The van der Waals surface area contributed by atoms with Gasteiger partial charge in [-0.1, -0.05) is 15.9 Å². The zero-order valence-electron chi connectivity index (χ0n) is 15.2. The van der Waals surface area contributed by atoms with E-state index in [9.17, 15) is 0 Å². The van der Waals surface area contributed by atoms with Crippen LogP contribution in [-0.4, -0.2) is 31.5 Å². The first-order valence-corrected chi connectivity index (χ1v) is 9.23. The molecule has 0 spiro atoms. The highest BCUT2D eigenvalue weighted by molar-refractivity contribution is 9.10. The van der Waals surface area contributed by atoms with Gasteiger partial charge in [0.25, 0.3) is 0 Å².